The lowest BCUT2D eigenvalue weighted by Gasteiger charge is -1.80. The average molecular weight is 142 g/mol. The van der Waals surface area contributed by atoms with E-state index in [1.807, 2.05) is 0 Å². The van der Waals surface area contributed by atoms with Gasteiger partial charge in [-0.25, -0.2) is 4.57 Å². The van der Waals surface area contributed by atoms with Gasteiger partial charge < -0.3 is 0 Å². The van der Waals surface area contributed by atoms with E-state index < -0.39 is 18.8 Å². The Morgan fingerprint density at radius 1 is 1.57 bits per heavy atom. The second kappa shape index (κ2) is 2.35. The van der Waals surface area contributed by atoms with E-state index in [1.54, 1.807) is 0 Å². The van der Waals surface area contributed by atoms with Gasteiger partial charge in [0, 0.05) is 0 Å². The Morgan fingerprint density at radius 2 is 2.00 bits per heavy atom. The summed E-state index contributed by atoms with van der Waals surface area (Å²) in [4.78, 5) is 0. The van der Waals surface area contributed by atoms with E-state index in [2.05, 4.69) is 3.97 Å². The summed E-state index contributed by atoms with van der Waals surface area (Å²) in [5.74, 6) is 0. The zero-order chi connectivity index (χ0) is 5.91. The molecule has 0 amide bonds. The Hall–Kier alpha value is 0.01000. The van der Waals surface area contributed by atoms with Crippen LogP contribution < -0.4 is 0 Å². The fourth-order valence-electron chi connectivity index (χ4n) is 0.0553. The van der Waals surface area contributed by atoms with Crippen LogP contribution in [-0.4, -0.2) is 14.7 Å². The van der Waals surface area contributed by atoms with E-state index in [4.69, 9.17) is 0 Å². The van der Waals surface area contributed by atoms with Crippen molar-refractivity contribution < 1.29 is 17.0 Å². The molecule has 0 aromatic carbocycles. The molecule has 0 aliphatic rings. The normalized spacial score (nSPS) is 12.1. The molecule has 0 spiro atoms. The highest BCUT2D eigenvalue weighted by molar-refractivity contribution is 7.88. The molecule has 0 aromatic rings. The van der Waals surface area contributed by atoms with Gasteiger partial charge in [-0.1, -0.05) is 0 Å². The summed E-state index contributed by atoms with van der Waals surface area (Å²) < 4.78 is 32.5. The molecule has 0 N–H and O–H groups in total. The first-order chi connectivity index (χ1) is 3.06. The molecular formula is CH3O4PS. The third-order valence-corrected chi connectivity index (χ3v) is 1.49. The van der Waals surface area contributed by atoms with E-state index >= 15 is 0 Å². The molecule has 42 valence electrons. The highest BCUT2D eigenvalue weighted by atomic mass is 32.2. The first kappa shape index (κ1) is 7.01. The molecule has 0 aromatic heterocycles. The second-order valence-electron chi connectivity index (χ2n) is 0.853. The van der Waals surface area contributed by atoms with E-state index in [0.717, 1.165) is 6.26 Å². The van der Waals surface area contributed by atoms with Crippen molar-refractivity contribution >= 4 is 18.8 Å². The molecule has 4 nitrogen and oxygen atoms in total. The summed E-state index contributed by atoms with van der Waals surface area (Å²) in [7, 11) is -4.33. The van der Waals surface area contributed by atoms with Crippen molar-refractivity contribution in [2.45, 2.75) is 0 Å². The van der Waals surface area contributed by atoms with Crippen LogP contribution in [0, 0.1) is 0 Å². The number of hydrogen-bond acceptors (Lipinski definition) is 4. The fraction of sp³-hybridized carbons (Fsp3) is 1.00. The smallest absolute Gasteiger partial charge is 0.239 e. The maximum Gasteiger partial charge on any atom is 0.343 e. The third kappa shape index (κ3) is 6.01. The SMILES string of the molecule is CS(=O)(=O)OP=O. The molecule has 0 saturated heterocycles. The van der Waals surface area contributed by atoms with Crippen molar-refractivity contribution in [1.82, 2.24) is 0 Å². The molecule has 6 heteroatoms. The predicted molar refractivity (Wildman–Crippen MR) is 23.5 cm³/mol. The number of rotatable bonds is 2. The van der Waals surface area contributed by atoms with Crippen molar-refractivity contribution in [2.24, 2.45) is 0 Å². The summed E-state index contributed by atoms with van der Waals surface area (Å²) in [6.07, 6.45) is 0.817. The van der Waals surface area contributed by atoms with Crippen molar-refractivity contribution in [2.75, 3.05) is 6.26 Å². The minimum atomic E-state index is -3.50. The van der Waals surface area contributed by atoms with Crippen LogP contribution in [-0.2, 0) is 18.7 Å². The molecule has 0 rings (SSSR count). The molecular weight excluding hydrogens is 139 g/mol. The van der Waals surface area contributed by atoms with Crippen molar-refractivity contribution in [3.63, 3.8) is 0 Å². The highest BCUT2D eigenvalue weighted by Crippen LogP contribution is 1.98. The highest BCUT2D eigenvalue weighted by Gasteiger charge is 1.97. The van der Waals surface area contributed by atoms with Crippen LogP contribution in [0.4, 0.5) is 0 Å². The maximum absolute atomic E-state index is 9.80. The summed E-state index contributed by atoms with van der Waals surface area (Å²) in [6.45, 7) is 0. The van der Waals surface area contributed by atoms with Crippen LogP contribution in [0.25, 0.3) is 0 Å². The van der Waals surface area contributed by atoms with Crippen LogP contribution in [0.15, 0.2) is 0 Å². The minimum Gasteiger partial charge on any atom is -0.239 e. The molecule has 0 saturated carbocycles. The van der Waals surface area contributed by atoms with Crippen LogP contribution in [0.3, 0.4) is 0 Å². The Labute approximate surface area is 42.9 Å². The second-order valence-corrected chi connectivity index (χ2v) is 3.01. The van der Waals surface area contributed by atoms with Crippen LogP contribution in [0.5, 0.6) is 0 Å². The van der Waals surface area contributed by atoms with Gasteiger partial charge in [-0.15, -0.1) is 0 Å². The molecule has 0 bridgehead atoms. The standard InChI is InChI=1S/CH3O4PS/c1-7(3,4)5-6-2/h1H3. The largest absolute Gasteiger partial charge is 0.343 e. The average Bonchev–Trinajstić information content (AvgIpc) is 1.30. The zero-order valence-electron chi connectivity index (χ0n) is 3.49. The Bertz CT molecular complexity index is 145. The maximum atomic E-state index is 9.80. The molecule has 0 aliphatic carbocycles. The van der Waals surface area contributed by atoms with Gasteiger partial charge in [0.05, 0.1) is 6.26 Å². The van der Waals surface area contributed by atoms with Crippen molar-refractivity contribution in [3.8, 4) is 0 Å². The molecule has 7 heavy (non-hydrogen) atoms. The fourth-order valence-corrected chi connectivity index (χ4v) is 0.497. The van der Waals surface area contributed by atoms with Gasteiger partial charge >= 0.3 is 8.69 Å². The Morgan fingerprint density at radius 3 is 2.00 bits per heavy atom. The van der Waals surface area contributed by atoms with Gasteiger partial charge in [-0.05, 0) is 0 Å². The van der Waals surface area contributed by atoms with Crippen LogP contribution in [0.2, 0.25) is 0 Å². The lowest BCUT2D eigenvalue weighted by atomic mass is 12.0. The summed E-state index contributed by atoms with van der Waals surface area (Å²) in [5.41, 5.74) is 0. The van der Waals surface area contributed by atoms with Gasteiger partial charge in [-0.3, -0.25) is 0 Å². The van der Waals surface area contributed by atoms with E-state index in [1.165, 1.54) is 0 Å². The number of hydrogen-bond donors (Lipinski definition) is 0. The minimum absolute atomic E-state index is 0.817. The molecule has 0 aliphatic heterocycles. The van der Waals surface area contributed by atoms with Crippen molar-refractivity contribution in [1.29, 1.82) is 0 Å². The molecule has 0 atom stereocenters. The monoisotopic (exact) mass is 142 g/mol. The summed E-state index contributed by atoms with van der Waals surface area (Å²) in [5, 5.41) is 0. The predicted octanol–water partition coefficient (Wildman–Crippen LogP) is 0.169. The third-order valence-electron chi connectivity index (χ3n) is 0.166. The summed E-state index contributed by atoms with van der Waals surface area (Å²) >= 11 is 0. The van der Waals surface area contributed by atoms with Crippen molar-refractivity contribution in [3.05, 3.63) is 0 Å². The lowest BCUT2D eigenvalue weighted by molar-refractivity contribution is 0.492. The first-order valence-corrected chi connectivity index (χ1v) is 3.82. The lowest BCUT2D eigenvalue weighted by Crippen LogP contribution is -1.91. The molecule has 0 fully saturated rings. The topological polar surface area (TPSA) is 60.4 Å². The molecule has 0 radical (unpaired) electrons. The molecule has 0 heterocycles. The Kier molecular flexibility index (Phi) is 2.35. The van der Waals surface area contributed by atoms with Gasteiger partial charge in [-0.2, -0.15) is 12.4 Å². The van der Waals surface area contributed by atoms with E-state index in [-0.39, 0.29) is 0 Å². The zero-order valence-corrected chi connectivity index (χ0v) is 5.20. The van der Waals surface area contributed by atoms with Gasteiger partial charge in [0.2, 0.25) is 0 Å². The van der Waals surface area contributed by atoms with Gasteiger partial charge in [0.1, 0.15) is 0 Å². The van der Waals surface area contributed by atoms with Gasteiger partial charge in [0.25, 0.3) is 10.1 Å². The molecule has 0 unspecified atom stereocenters. The van der Waals surface area contributed by atoms with E-state index in [9.17, 15) is 13.0 Å². The van der Waals surface area contributed by atoms with Gasteiger partial charge in [0.15, 0.2) is 0 Å². The van der Waals surface area contributed by atoms with E-state index in [0.29, 0.717) is 0 Å². The van der Waals surface area contributed by atoms with Crippen LogP contribution >= 0.6 is 8.69 Å². The first-order valence-electron chi connectivity index (χ1n) is 1.27. The quantitative estimate of drug-likeness (QED) is 0.515. The van der Waals surface area contributed by atoms with Crippen LogP contribution in [0.1, 0.15) is 0 Å². The summed E-state index contributed by atoms with van der Waals surface area (Å²) in [6, 6.07) is 0. The Balaban J connectivity index is 3.84.